The molecule has 96 valence electrons. The number of hydrogen-bond acceptors (Lipinski definition) is 5. The molecule has 17 heavy (non-hydrogen) atoms. The molecule has 2 rings (SSSR count). The van der Waals surface area contributed by atoms with Crippen LogP contribution in [0, 0.1) is 0 Å². The van der Waals surface area contributed by atoms with Gasteiger partial charge in [-0.25, -0.2) is 4.98 Å². The zero-order chi connectivity index (χ0) is 12.4. The van der Waals surface area contributed by atoms with Crippen LogP contribution in [0.4, 0.5) is 5.13 Å². The fourth-order valence-electron chi connectivity index (χ4n) is 2.25. The topological polar surface area (TPSA) is 39.6 Å². The smallest absolute Gasteiger partial charge is 0.185 e. The summed E-state index contributed by atoms with van der Waals surface area (Å²) < 4.78 is 0. The second-order valence-corrected chi connectivity index (χ2v) is 5.49. The standard InChI is InChI=1S/C12H21N3OS/c1-4-14-5-6-15(7-9(14)2)12-13-11(8-17-12)10(3)16/h8-10,16H,4-7H2,1-3H3. The Balaban J connectivity index is 2.03. The molecule has 0 amide bonds. The molecule has 1 N–H and O–H groups in total. The minimum atomic E-state index is -0.464. The maximum Gasteiger partial charge on any atom is 0.185 e. The highest BCUT2D eigenvalue weighted by Crippen LogP contribution is 2.25. The van der Waals surface area contributed by atoms with Gasteiger partial charge in [-0.15, -0.1) is 11.3 Å². The molecule has 4 nitrogen and oxygen atoms in total. The number of anilines is 1. The van der Waals surface area contributed by atoms with Crippen molar-refractivity contribution in [2.45, 2.75) is 32.9 Å². The molecule has 0 aromatic carbocycles. The van der Waals surface area contributed by atoms with Crippen molar-refractivity contribution < 1.29 is 5.11 Å². The zero-order valence-electron chi connectivity index (χ0n) is 10.8. The molecule has 1 saturated heterocycles. The molecule has 2 atom stereocenters. The fraction of sp³-hybridized carbons (Fsp3) is 0.750. The summed E-state index contributed by atoms with van der Waals surface area (Å²) in [7, 11) is 0. The lowest BCUT2D eigenvalue weighted by Crippen LogP contribution is -2.51. The SMILES string of the molecule is CCN1CCN(c2nc(C(C)O)cs2)CC1C. The Bertz CT molecular complexity index is 366. The normalized spacial score (nSPS) is 24.0. The summed E-state index contributed by atoms with van der Waals surface area (Å²) in [6.45, 7) is 10.5. The highest BCUT2D eigenvalue weighted by molar-refractivity contribution is 7.13. The lowest BCUT2D eigenvalue weighted by Gasteiger charge is -2.39. The number of nitrogens with zero attached hydrogens (tertiary/aromatic N) is 3. The van der Waals surface area contributed by atoms with E-state index in [1.54, 1.807) is 18.3 Å². The molecule has 1 aromatic rings. The number of likely N-dealkylation sites (N-methyl/N-ethyl adjacent to an activating group) is 1. The van der Waals surface area contributed by atoms with Gasteiger partial charge < -0.3 is 10.0 Å². The van der Waals surface area contributed by atoms with Crippen LogP contribution in [-0.4, -0.2) is 47.2 Å². The minimum absolute atomic E-state index is 0.464. The largest absolute Gasteiger partial charge is 0.387 e. The Labute approximate surface area is 107 Å². The molecule has 0 radical (unpaired) electrons. The van der Waals surface area contributed by atoms with E-state index in [2.05, 4.69) is 28.6 Å². The molecule has 1 fully saturated rings. The van der Waals surface area contributed by atoms with Crippen molar-refractivity contribution in [3.05, 3.63) is 11.1 Å². The maximum atomic E-state index is 9.48. The van der Waals surface area contributed by atoms with E-state index >= 15 is 0 Å². The van der Waals surface area contributed by atoms with Crippen LogP contribution >= 0.6 is 11.3 Å². The Morgan fingerprint density at radius 2 is 2.35 bits per heavy atom. The van der Waals surface area contributed by atoms with E-state index in [-0.39, 0.29) is 0 Å². The molecule has 2 heterocycles. The first-order chi connectivity index (χ1) is 8.11. The van der Waals surface area contributed by atoms with Gasteiger partial charge in [0, 0.05) is 31.1 Å². The molecule has 2 unspecified atom stereocenters. The summed E-state index contributed by atoms with van der Waals surface area (Å²) in [5.41, 5.74) is 0.788. The van der Waals surface area contributed by atoms with Crippen LogP contribution in [-0.2, 0) is 0 Å². The molecule has 1 aliphatic rings. The average Bonchev–Trinajstić information content (AvgIpc) is 2.78. The van der Waals surface area contributed by atoms with E-state index in [4.69, 9.17) is 0 Å². The quantitative estimate of drug-likeness (QED) is 0.893. The van der Waals surface area contributed by atoms with Crippen LogP contribution < -0.4 is 4.90 Å². The number of piperazine rings is 1. The third kappa shape index (κ3) is 2.78. The molecular formula is C12H21N3OS. The number of rotatable bonds is 3. The van der Waals surface area contributed by atoms with Crippen LogP contribution in [0.15, 0.2) is 5.38 Å². The van der Waals surface area contributed by atoms with Gasteiger partial charge in [-0.1, -0.05) is 6.92 Å². The summed E-state index contributed by atoms with van der Waals surface area (Å²) in [4.78, 5) is 9.31. The number of hydrogen-bond donors (Lipinski definition) is 1. The van der Waals surface area contributed by atoms with Gasteiger partial charge in [0.05, 0.1) is 11.8 Å². The van der Waals surface area contributed by atoms with Crippen molar-refractivity contribution in [1.82, 2.24) is 9.88 Å². The van der Waals surface area contributed by atoms with Crippen molar-refractivity contribution in [3.8, 4) is 0 Å². The number of aliphatic hydroxyl groups excluding tert-OH is 1. The minimum Gasteiger partial charge on any atom is -0.387 e. The van der Waals surface area contributed by atoms with Gasteiger partial charge >= 0.3 is 0 Å². The van der Waals surface area contributed by atoms with Crippen molar-refractivity contribution in [3.63, 3.8) is 0 Å². The second-order valence-electron chi connectivity index (χ2n) is 4.65. The van der Waals surface area contributed by atoms with Gasteiger partial charge in [0.25, 0.3) is 0 Å². The van der Waals surface area contributed by atoms with Crippen molar-refractivity contribution in [1.29, 1.82) is 0 Å². The fourth-order valence-corrected chi connectivity index (χ4v) is 3.20. The first-order valence-corrected chi connectivity index (χ1v) is 7.12. The lowest BCUT2D eigenvalue weighted by molar-refractivity contribution is 0.193. The van der Waals surface area contributed by atoms with E-state index < -0.39 is 6.10 Å². The summed E-state index contributed by atoms with van der Waals surface area (Å²) in [6.07, 6.45) is -0.464. The highest BCUT2D eigenvalue weighted by Gasteiger charge is 2.24. The highest BCUT2D eigenvalue weighted by atomic mass is 32.1. The summed E-state index contributed by atoms with van der Waals surface area (Å²) in [5.74, 6) is 0. The molecule has 5 heteroatoms. The zero-order valence-corrected chi connectivity index (χ0v) is 11.6. The molecular weight excluding hydrogens is 234 g/mol. The summed E-state index contributed by atoms with van der Waals surface area (Å²) in [6, 6.07) is 0.577. The second kappa shape index (κ2) is 5.33. The molecule has 0 aliphatic carbocycles. The predicted octanol–water partition coefficient (Wildman–Crippen LogP) is 1.73. The van der Waals surface area contributed by atoms with Crippen molar-refractivity contribution >= 4 is 16.5 Å². The number of aliphatic hydroxyl groups is 1. The Hall–Kier alpha value is -0.650. The molecule has 0 spiro atoms. The summed E-state index contributed by atoms with van der Waals surface area (Å²) in [5, 5.41) is 12.5. The Kier molecular flexibility index (Phi) is 4.01. The van der Waals surface area contributed by atoms with Crippen LogP contribution in [0.1, 0.15) is 32.6 Å². The monoisotopic (exact) mass is 255 g/mol. The van der Waals surface area contributed by atoms with Gasteiger partial charge in [0.1, 0.15) is 0 Å². The predicted molar refractivity (Wildman–Crippen MR) is 71.7 cm³/mol. The third-order valence-corrected chi connectivity index (χ3v) is 4.30. The van der Waals surface area contributed by atoms with Crippen LogP contribution in [0.2, 0.25) is 0 Å². The molecule has 0 bridgehead atoms. The van der Waals surface area contributed by atoms with E-state index in [1.807, 2.05) is 5.38 Å². The number of aromatic nitrogens is 1. The third-order valence-electron chi connectivity index (χ3n) is 3.38. The first kappa shape index (κ1) is 12.8. The van der Waals surface area contributed by atoms with E-state index in [0.29, 0.717) is 6.04 Å². The van der Waals surface area contributed by atoms with Gasteiger partial charge in [0.2, 0.25) is 0 Å². The van der Waals surface area contributed by atoms with Crippen LogP contribution in [0.25, 0.3) is 0 Å². The number of thiazole rings is 1. The Morgan fingerprint density at radius 3 is 2.88 bits per heavy atom. The molecule has 1 aromatic heterocycles. The van der Waals surface area contributed by atoms with Gasteiger partial charge in [-0.2, -0.15) is 0 Å². The van der Waals surface area contributed by atoms with E-state index in [0.717, 1.165) is 37.0 Å². The maximum absolute atomic E-state index is 9.48. The summed E-state index contributed by atoms with van der Waals surface area (Å²) >= 11 is 1.63. The molecule has 1 aliphatic heterocycles. The molecule has 0 saturated carbocycles. The first-order valence-electron chi connectivity index (χ1n) is 6.24. The lowest BCUT2D eigenvalue weighted by atomic mass is 10.2. The average molecular weight is 255 g/mol. The van der Waals surface area contributed by atoms with Gasteiger partial charge in [-0.05, 0) is 20.4 Å². The van der Waals surface area contributed by atoms with Crippen LogP contribution in [0.3, 0.4) is 0 Å². The van der Waals surface area contributed by atoms with E-state index in [1.165, 1.54) is 0 Å². The Morgan fingerprint density at radius 1 is 1.59 bits per heavy atom. The van der Waals surface area contributed by atoms with Gasteiger partial charge in [-0.3, -0.25) is 4.90 Å². The van der Waals surface area contributed by atoms with Gasteiger partial charge in [0.15, 0.2) is 5.13 Å². The van der Waals surface area contributed by atoms with Crippen molar-refractivity contribution in [2.24, 2.45) is 0 Å². The van der Waals surface area contributed by atoms with Crippen molar-refractivity contribution in [2.75, 3.05) is 31.1 Å². The van der Waals surface area contributed by atoms with E-state index in [9.17, 15) is 5.11 Å². The van der Waals surface area contributed by atoms with Crippen LogP contribution in [0.5, 0.6) is 0 Å².